The first kappa shape index (κ1) is 17.7. The molecule has 0 bridgehead atoms. The number of nitrogens with one attached hydrogen (secondary N) is 1. The highest BCUT2D eigenvalue weighted by molar-refractivity contribution is 5.78. The van der Waals surface area contributed by atoms with E-state index in [0.29, 0.717) is 30.6 Å². The van der Waals surface area contributed by atoms with Gasteiger partial charge in [-0.15, -0.1) is 0 Å². The molecule has 1 aliphatic heterocycles. The number of methoxy groups -OCH3 is 1. The number of hydrogen-bond donors (Lipinski definition) is 2. The van der Waals surface area contributed by atoms with Crippen LogP contribution < -0.4 is 26.6 Å². The summed E-state index contributed by atoms with van der Waals surface area (Å²) in [6.07, 6.45) is 2.12. The molecule has 3 heterocycles. The van der Waals surface area contributed by atoms with E-state index in [1.165, 1.54) is 7.11 Å². The maximum atomic E-state index is 15.1. The molecule has 4 unspecified atom stereocenters. The summed E-state index contributed by atoms with van der Waals surface area (Å²) < 4.78 is 35.7. The lowest BCUT2D eigenvalue weighted by molar-refractivity contribution is 0.292. The standard InChI is InChI=1S/C19H22F2N4O3/c1-28-17-15(24-5-9-4-11(20)14(22)10(9)6-24)12(21)7-25-16(17)13(8-2-3-8)18(26)23-19(25)27/h7-11,14H,2-6,22H2,1H3,(H,23,26,27). The van der Waals surface area contributed by atoms with Gasteiger partial charge in [-0.1, -0.05) is 0 Å². The van der Waals surface area contributed by atoms with Crippen LogP contribution >= 0.6 is 0 Å². The highest BCUT2D eigenvalue weighted by Crippen LogP contribution is 2.47. The van der Waals surface area contributed by atoms with Crippen LogP contribution in [0.4, 0.5) is 14.5 Å². The van der Waals surface area contributed by atoms with Crippen LogP contribution in [0.3, 0.4) is 0 Å². The van der Waals surface area contributed by atoms with Crippen LogP contribution in [-0.2, 0) is 0 Å². The van der Waals surface area contributed by atoms with Gasteiger partial charge in [0, 0.05) is 24.7 Å². The van der Waals surface area contributed by atoms with Crippen LogP contribution in [0.15, 0.2) is 15.8 Å². The van der Waals surface area contributed by atoms with E-state index in [9.17, 15) is 14.0 Å². The second-order valence-corrected chi connectivity index (χ2v) is 8.18. The number of nitrogens with zero attached hydrogens (tertiary/aromatic N) is 2. The third kappa shape index (κ3) is 2.41. The van der Waals surface area contributed by atoms with Crippen molar-refractivity contribution in [3.8, 4) is 5.75 Å². The number of fused-ring (bicyclic) bond motifs is 2. The number of alkyl halides is 1. The fraction of sp³-hybridized carbons (Fsp3) is 0.579. The van der Waals surface area contributed by atoms with Gasteiger partial charge in [0.05, 0.1) is 13.3 Å². The molecule has 0 amide bonds. The third-order valence-corrected chi connectivity index (χ3v) is 6.52. The predicted octanol–water partition coefficient (Wildman–Crippen LogP) is 1.13. The van der Waals surface area contributed by atoms with Gasteiger partial charge < -0.3 is 15.4 Å². The van der Waals surface area contributed by atoms with Crippen molar-refractivity contribution in [2.24, 2.45) is 17.6 Å². The average Bonchev–Trinajstić information content (AvgIpc) is 3.34. The first-order valence-corrected chi connectivity index (χ1v) is 9.60. The van der Waals surface area contributed by atoms with E-state index in [4.69, 9.17) is 10.5 Å². The number of nitrogens with two attached hydrogens (primary N) is 1. The Kier molecular flexibility index (Phi) is 3.81. The van der Waals surface area contributed by atoms with E-state index in [0.717, 1.165) is 23.4 Å². The van der Waals surface area contributed by atoms with Crippen LogP contribution in [0, 0.1) is 17.7 Å². The molecule has 4 atom stereocenters. The van der Waals surface area contributed by atoms with E-state index in [2.05, 4.69) is 4.98 Å². The van der Waals surface area contributed by atoms with Crippen LogP contribution in [-0.4, -0.2) is 41.8 Å². The minimum atomic E-state index is -1.03. The van der Waals surface area contributed by atoms with E-state index in [1.54, 1.807) is 0 Å². The summed E-state index contributed by atoms with van der Waals surface area (Å²) >= 11 is 0. The molecular formula is C19H22F2N4O3. The monoisotopic (exact) mass is 392 g/mol. The molecule has 1 saturated heterocycles. The Morgan fingerprint density at radius 2 is 2.04 bits per heavy atom. The van der Waals surface area contributed by atoms with Crippen molar-refractivity contribution >= 4 is 11.2 Å². The molecule has 0 aromatic carbocycles. The van der Waals surface area contributed by atoms with E-state index >= 15 is 4.39 Å². The third-order valence-electron chi connectivity index (χ3n) is 6.52. The summed E-state index contributed by atoms with van der Waals surface area (Å²) in [5, 5.41) is 0. The van der Waals surface area contributed by atoms with Crippen molar-refractivity contribution in [1.29, 1.82) is 0 Å². The van der Waals surface area contributed by atoms with Crippen LogP contribution in [0.25, 0.3) is 5.52 Å². The molecule has 2 aromatic rings. The van der Waals surface area contributed by atoms with Gasteiger partial charge in [0.2, 0.25) is 0 Å². The molecule has 9 heteroatoms. The number of H-pyrrole nitrogens is 1. The maximum absolute atomic E-state index is 15.1. The number of aromatic nitrogens is 2. The normalized spacial score (nSPS) is 29.5. The smallest absolute Gasteiger partial charge is 0.333 e. The molecule has 2 aromatic heterocycles. The molecule has 28 heavy (non-hydrogen) atoms. The Hall–Kier alpha value is -2.42. The number of halogens is 2. The summed E-state index contributed by atoms with van der Waals surface area (Å²) in [6, 6.07) is -0.558. The van der Waals surface area contributed by atoms with Gasteiger partial charge in [-0.2, -0.15) is 0 Å². The van der Waals surface area contributed by atoms with E-state index < -0.39 is 29.3 Å². The molecule has 0 spiro atoms. The highest BCUT2D eigenvalue weighted by atomic mass is 19.1. The fourth-order valence-electron chi connectivity index (χ4n) is 5.03. The summed E-state index contributed by atoms with van der Waals surface area (Å²) in [5.74, 6) is -0.416. The zero-order valence-corrected chi connectivity index (χ0v) is 15.5. The Labute approximate surface area is 159 Å². The number of pyridine rings is 1. The van der Waals surface area contributed by atoms with Gasteiger partial charge >= 0.3 is 5.69 Å². The second kappa shape index (κ2) is 6.04. The molecule has 7 nitrogen and oxygen atoms in total. The number of rotatable bonds is 3. The van der Waals surface area contributed by atoms with Crippen molar-refractivity contribution < 1.29 is 13.5 Å². The molecule has 150 valence electrons. The number of aromatic amines is 1. The molecule has 2 saturated carbocycles. The first-order valence-electron chi connectivity index (χ1n) is 9.60. The average molecular weight is 392 g/mol. The lowest BCUT2D eigenvalue weighted by Gasteiger charge is -2.25. The number of hydrogen-bond acceptors (Lipinski definition) is 5. The summed E-state index contributed by atoms with van der Waals surface area (Å²) in [4.78, 5) is 28.9. The van der Waals surface area contributed by atoms with Gasteiger partial charge in [0.25, 0.3) is 5.56 Å². The van der Waals surface area contributed by atoms with E-state index in [1.807, 2.05) is 4.90 Å². The Morgan fingerprint density at radius 1 is 1.29 bits per heavy atom. The molecule has 3 aliphatic rings. The van der Waals surface area contributed by atoms with Crippen LogP contribution in [0.2, 0.25) is 0 Å². The zero-order chi connectivity index (χ0) is 19.7. The minimum absolute atomic E-state index is 0.0326. The maximum Gasteiger partial charge on any atom is 0.333 e. The summed E-state index contributed by atoms with van der Waals surface area (Å²) in [7, 11) is 1.40. The lowest BCUT2D eigenvalue weighted by atomic mass is 9.98. The number of anilines is 1. The molecule has 3 fully saturated rings. The van der Waals surface area contributed by atoms with Gasteiger partial charge in [0.1, 0.15) is 17.4 Å². The van der Waals surface area contributed by atoms with Crippen molar-refractivity contribution in [3.05, 3.63) is 38.4 Å². The topological polar surface area (TPSA) is 92.8 Å². The Balaban J connectivity index is 1.70. The molecule has 3 N–H and O–H groups in total. The number of ether oxygens (including phenoxy) is 1. The molecule has 2 aliphatic carbocycles. The van der Waals surface area contributed by atoms with Crippen molar-refractivity contribution in [2.45, 2.75) is 37.4 Å². The SMILES string of the molecule is COc1c(N2CC3CC(F)C(N)C3C2)c(F)cn2c(=O)[nH]c(=O)c(C3CC3)c12. The highest BCUT2D eigenvalue weighted by Gasteiger charge is 2.48. The Bertz CT molecular complexity index is 1080. The van der Waals surface area contributed by atoms with Crippen molar-refractivity contribution in [1.82, 2.24) is 9.38 Å². The quantitative estimate of drug-likeness (QED) is 0.817. The van der Waals surface area contributed by atoms with Gasteiger partial charge in [0.15, 0.2) is 11.6 Å². The van der Waals surface area contributed by atoms with E-state index in [-0.39, 0.29) is 29.2 Å². The second-order valence-electron chi connectivity index (χ2n) is 8.18. The van der Waals surface area contributed by atoms with Crippen LogP contribution in [0.5, 0.6) is 5.75 Å². The van der Waals surface area contributed by atoms with Crippen LogP contribution in [0.1, 0.15) is 30.7 Å². The predicted molar refractivity (Wildman–Crippen MR) is 99.5 cm³/mol. The lowest BCUT2D eigenvalue weighted by Crippen LogP contribution is -2.36. The summed E-state index contributed by atoms with van der Waals surface area (Å²) in [5.41, 5.74) is 5.83. The van der Waals surface area contributed by atoms with Crippen molar-refractivity contribution in [2.75, 3.05) is 25.1 Å². The zero-order valence-electron chi connectivity index (χ0n) is 15.5. The Morgan fingerprint density at radius 3 is 2.68 bits per heavy atom. The van der Waals surface area contributed by atoms with Gasteiger partial charge in [-0.25, -0.2) is 13.6 Å². The first-order chi connectivity index (χ1) is 13.4. The van der Waals surface area contributed by atoms with Gasteiger partial charge in [-0.3, -0.25) is 14.2 Å². The van der Waals surface area contributed by atoms with Gasteiger partial charge in [-0.05, 0) is 37.0 Å². The molecule has 0 radical (unpaired) electrons. The largest absolute Gasteiger partial charge is 0.492 e. The molecular weight excluding hydrogens is 370 g/mol. The van der Waals surface area contributed by atoms with Crippen molar-refractivity contribution in [3.63, 3.8) is 0 Å². The summed E-state index contributed by atoms with van der Waals surface area (Å²) in [6.45, 7) is 0.885. The minimum Gasteiger partial charge on any atom is -0.492 e. The molecule has 5 rings (SSSR count). The fourth-order valence-corrected chi connectivity index (χ4v) is 5.03.